The molecule has 0 spiro atoms. The number of aromatic nitrogens is 2. The minimum atomic E-state index is -1.03. The number of carbonyl (C=O) groups excluding carboxylic acids is 1. The van der Waals surface area contributed by atoms with Gasteiger partial charge < -0.3 is 5.11 Å². The molecule has 1 aromatic heterocycles. The number of carboxylic acid groups (broad SMARTS) is 1. The number of anilines is 2. The van der Waals surface area contributed by atoms with E-state index in [1.165, 1.54) is 21.7 Å². The van der Waals surface area contributed by atoms with Crippen LogP contribution in [0.1, 0.15) is 5.56 Å². The number of hydrogen-bond donors (Lipinski definition) is 2. The summed E-state index contributed by atoms with van der Waals surface area (Å²) in [4.78, 5) is 24.9. The molecule has 0 bridgehead atoms. The lowest BCUT2D eigenvalue weighted by molar-refractivity contribution is -0.138. The average molecular weight is 290 g/mol. The van der Waals surface area contributed by atoms with E-state index < -0.39 is 18.0 Å². The molecule has 0 saturated carbocycles. The van der Waals surface area contributed by atoms with Gasteiger partial charge in [-0.05, 0) is 11.6 Å². The maximum Gasteiger partial charge on any atom is 0.328 e. The normalized spacial score (nSPS) is 16.8. The highest BCUT2D eigenvalue weighted by Gasteiger charge is 2.38. The summed E-state index contributed by atoms with van der Waals surface area (Å²) in [5, 5.41) is 19.5. The van der Waals surface area contributed by atoms with E-state index in [2.05, 4.69) is 15.5 Å². The molecular weight excluding hydrogens is 280 g/mol. The molecule has 20 heavy (non-hydrogen) atoms. The average Bonchev–Trinajstić information content (AvgIpc) is 3.04. The van der Waals surface area contributed by atoms with Crippen molar-refractivity contribution in [2.45, 2.75) is 12.5 Å². The molecule has 7 nitrogen and oxygen atoms in total. The minimum absolute atomic E-state index is 0.301. The third-order valence-electron chi connectivity index (χ3n) is 3.05. The maximum atomic E-state index is 12.3. The molecule has 1 aliphatic rings. The molecule has 0 aliphatic carbocycles. The number of aliphatic carboxylic acids is 1. The van der Waals surface area contributed by atoms with Crippen LogP contribution >= 0.6 is 11.3 Å². The third-order valence-corrected chi connectivity index (χ3v) is 3.66. The summed E-state index contributed by atoms with van der Waals surface area (Å²) in [7, 11) is 0. The highest BCUT2D eigenvalue weighted by molar-refractivity contribution is 7.13. The molecule has 3 rings (SSSR count). The van der Waals surface area contributed by atoms with Crippen molar-refractivity contribution in [2.75, 3.05) is 10.2 Å². The van der Waals surface area contributed by atoms with Crippen molar-refractivity contribution in [1.29, 1.82) is 0 Å². The molecule has 1 aliphatic heterocycles. The van der Waals surface area contributed by atoms with Gasteiger partial charge >= 0.3 is 12.0 Å². The molecule has 0 unspecified atom stereocenters. The van der Waals surface area contributed by atoms with E-state index in [9.17, 15) is 14.7 Å². The van der Waals surface area contributed by atoms with Gasteiger partial charge in [0.25, 0.3) is 0 Å². The van der Waals surface area contributed by atoms with Crippen LogP contribution in [0.2, 0.25) is 0 Å². The first kappa shape index (κ1) is 12.5. The fourth-order valence-corrected chi connectivity index (χ4v) is 2.65. The number of rotatable bonds is 2. The molecule has 0 saturated heterocycles. The quantitative estimate of drug-likeness (QED) is 0.875. The zero-order valence-electron chi connectivity index (χ0n) is 10.2. The number of carbonyl (C=O) groups is 2. The Morgan fingerprint density at radius 2 is 2.20 bits per heavy atom. The van der Waals surface area contributed by atoms with Gasteiger partial charge in [-0.15, -0.1) is 10.2 Å². The van der Waals surface area contributed by atoms with E-state index in [1.807, 2.05) is 12.1 Å². The maximum absolute atomic E-state index is 12.3. The van der Waals surface area contributed by atoms with E-state index in [4.69, 9.17) is 0 Å². The molecule has 102 valence electrons. The highest BCUT2D eigenvalue weighted by Crippen LogP contribution is 2.32. The van der Waals surface area contributed by atoms with Crippen LogP contribution in [0.25, 0.3) is 0 Å². The number of fused-ring (bicyclic) bond motifs is 1. The van der Waals surface area contributed by atoms with Gasteiger partial charge in [-0.3, -0.25) is 10.2 Å². The SMILES string of the molecule is O=C(O)[C@@H]1Cc2ccccc2N1C(=O)Nc1nncs1. The summed E-state index contributed by atoms with van der Waals surface area (Å²) in [6, 6.07) is 5.74. The number of amides is 2. The minimum Gasteiger partial charge on any atom is -0.480 e. The van der Waals surface area contributed by atoms with Gasteiger partial charge in [-0.2, -0.15) is 0 Å². The van der Waals surface area contributed by atoms with Gasteiger partial charge in [0.15, 0.2) is 0 Å². The van der Waals surface area contributed by atoms with E-state index in [0.29, 0.717) is 17.2 Å². The summed E-state index contributed by atoms with van der Waals surface area (Å²) >= 11 is 1.17. The molecule has 1 aromatic carbocycles. The number of nitrogens with one attached hydrogen (secondary N) is 1. The molecule has 2 heterocycles. The molecule has 0 radical (unpaired) electrons. The largest absolute Gasteiger partial charge is 0.480 e. The number of para-hydroxylation sites is 1. The summed E-state index contributed by atoms with van der Waals surface area (Å²) in [6.07, 6.45) is 0.301. The van der Waals surface area contributed by atoms with Gasteiger partial charge in [-0.25, -0.2) is 9.59 Å². The van der Waals surface area contributed by atoms with Crippen molar-refractivity contribution in [3.8, 4) is 0 Å². The summed E-state index contributed by atoms with van der Waals surface area (Å²) < 4.78 is 0. The van der Waals surface area contributed by atoms with Crippen molar-refractivity contribution in [3.63, 3.8) is 0 Å². The molecule has 2 amide bonds. The van der Waals surface area contributed by atoms with E-state index in [-0.39, 0.29) is 0 Å². The van der Waals surface area contributed by atoms with Crippen LogP contribution in [-0.4, -0.2) is 33.3 Å². The van der Waals surface area contributed by atoms with Crippen LogP contribution in [0.4, 0.5) is 15.6 Å². The first-order valence-corrected chi connectivity index (χ1v) is 6.72. The molecule has 2 aromatic rings. The van der Waals surface area contributed by atoms with Crippen molar-refractivity contribution in [1.82, 2.24) is 10.2 Å². The van der Waals surface area contributed by atoms with Crippen LogP contribution < -0.4 is 10.2 Å². The highest BCUT2D eigenvalue weighted by atomic mass is 32.1. The summed E-state index contributed by atoms with van der Waals surface area (Å²) in [5.41, 5.74) is 2.94. The van der Waals surface area contributed by atoms with Gasteiger partial charge in [0.1, 0.15) is 11.6 Å². The topological polar surface area (TPSA) is 95.4 Å². The lowest BCUT2D eigenvalue weighted by Crippen LogP contribution is -2.45. The van der Waals surface area contributed by atoms with Gasteiger partial charge in [0.05, 0.1) is 0 Å². The monoisotopic (exact) mass is 290 g/mol. The summed E-state index contributed by atoms with van der Waals surface area (Å²) in [5.74, 6) is -1.03. The first-order valence-electron chi connectivity index (χ1n) is 5.84. The number of hydrogen-bond acceptors (Lipinski definition) is 5. The predicted octanol–water partition coefficient (Wildman–Crippen LogP) is 1.59. The zero-order valence-corrected chi connectivity index (χ0v) is 11.0. The van der Waals surface area contributed by atoms with E-state index in [0.717, 1.165) is 5.56 Å². The molecule has 8 heteroatoms. The van der Waals surface area contributed by atoms with Crippen LogP contribution in [0.5, 0.6) is 0 Å². The Labute approximate surface area is 117 Å². The number of benzene rings is 1. The standard InChI is InChI=1S/C12H10N4O3S/c17-10(18)9-5-7-3-1-2-4-8(7)16(9)12(19)14-11-15-13-6-20-11/h1-4,6,9H,5H2,(H,17,18)(H,14,15,19)/t9-/m0/s1. The smallest absolute Gasteiger partial charge is 0.328 e. The lowest BCUT2D eigenvalue weighted by Gasteiger charge is -2.22. The Morgan fingerprint density at radius 1 is 1.40 bits per heavy atom. The Kier molecular flexibility index (Phi) is 3.07. The molecular formula is C12H10N4O3S. The van der Waals surface area contributed by atoms with Gasteiger partial charge in [0.2, 0.25) is 5.13 Å². The number of carboxylic acids is 1. The van der Waals surface area contributed by atoms with Crippen molar-refractivity contribution in [3.05, 3.63) is 35.3 Å². The van der Waals surface area contributed by atoms with Crippen LogP contribution in [0.15, 0.2) is 29.8 Å². The third kappa shape index (κ3) is 2.10. The number of urea groups is 1. The van der Waals surface area contributed by atoms with Crippen LogP contribution in [0, 0.1) is 0 Å². The first-order chi connectivity index (χ1) is 9.66. The second kappa shape index (κ2) is 4.89. The van der Waals surface area contributed by atoms with E-state index >= 15 is 0 Å². The Morgan fingerprint density at radius 3 is 2.90 bits per heavy atom. The number of nitrogens with zero attached hydrogens (tertiary/aromatic N) is 3. The van der Waals surface area contributed by atoms with E-state index in [1.54, 1.807) is 12.1 Å². The second-order valence-electron chi connectivity index (χ2n) is 4.23. The zero-order chi connectivity index (χ0) is 14.1. The Balaban J connectivity index is 1.92. The van der Waals surface area contributed by atoms with Crippen molar-refractivity contribution in [2.24, 2.45) is 0 Å². The lowest BCUT2D eigenvalue weighted by atomic mass is 10.1. The van der Waals surface area contributed by atoms with Crippen LogP contribution in [-0.2, 0) is 11.2 Å². The molecule has 2 N–H and O–H groups in total. The Hall–Kier alpha value is -2.48. The predicted molar refractivity (Wildman–Crippen MR) is 73.0 cm³/mol. The second-order valence-corrected chi connectivity index (χ2v) is 5.06. The summed E-state index contributed by atoms with van der Waals surface area (Å²) in [6.45, 7) is 0. The molecule has 1 atom stereocenters. The van der Waals surface area contributed by atoms with Crippen LogP contribution in [0.3, 0.4) is 0 Å². The fourth-order valence-electron chi connectivity index (χ4n) is 2.21. The van der Waals surface area contributed by atoms with Gasteiger partial charge in [-0.1, -0.05) is 29.5 Å². The van der Waals surface area contributed by atoms with Crippen molar-refractivity contribution < 1.29 is 14.7 Å². The Bertz CT molecular complexity index is 658. The van der Waals surface area contributed by atoms with Crippen molar-refractivity contribution >= 4 is 34.2 Å². The fraction of sp³-hybridized carbons (Fsp3) is 0.167. The van der Waals surface area contributed by atoms with Gasteiger partial charge in [0, 0.05) is 12.1 Å². The molecule has 0 fully saturated rings.